The van der Waals surface area contributed by atoms with E-state index in [1.54, 1.807) is 16.9 Å². The molecule has 0 unspecified atom stereocenters. The van der Waals surface area contributed by atoms with Crippen LogP contribution in [0.5, 0.6) is 0 Å². The SMILES string of the molecule is O=C(CN1CCC(NC(=O)c2ccn(-c3ccccc3)n2)CC1)Nc1ccccc1. The molecule has 4 rings (SSSR count). The molecule has 3 aromatic rings. The third-order valence-corrected chi connectivity index (χ3v) is 5.19. The Kier molecular flexibility index (Phi) is 6.20. The fraction of sp³-hybridized carbons (Fsp3) is 0.261. The molecular weight excluding hydrogens is 378 g/mol. The monoisotopic (exact) mass is 403 g/mol. The number of nitrogens with one attached hydrogen (secondary N) is 2. The van der Waals surface area contributed by atoms with E-state index in [-0.39, 0.29) is 17.9 Å². The van der Waals surface area contributed by atoms with E-state index in [2.05, 4.69) is 20.6 Å². The van der Waals surface area contributed by atoms with Gasteiger partial charge in [-0.25, -0.2) is 4.68 Å². The van der Waals surface area contributed by atoms with Crippen molar-refractivity contribution in [1.29, 1.82) is 0 Å². The molecule has 0 saturated carbocycles. The van der Waals surface area contributed by atoms with Gasteiger partial charge in [0, 0.05) is 31.0 Å². The number of hydrogen-bond donors (Lipinski definition) is 2. The summed E-state index contributed by atoms with van der Waals surface area (Å²) >= 11 is 0. The van der Waals surface area contributed by atoms with E-state index in [1.165, 1.54) is 0 Å². The Morgan fingerprint density at radius 2 is 1.60 bits per heavy atom. The van der Waals surface area contributed by atoms with Crippen molar-refractivity contribution < 1.29 is 9.59 Å². The summed E-state index contributed by atoms with van der Waals surface area (Å²) in [6.07, 6.45) is 3.41. The second-order valence-electron chi connectivity index (χ2n) is 7.42. The number of likely N-dealkylation sites (tertiary alicyclic amines) is 1. The van der Waals surface area contributed by atoms with E-state index in [4.69, 9.17) is 0 Å². The fourth-order valence-corrected chi connectivity index (χ4v) is 3.59. The number of aromatic nitrogens is 2. The van der Waals surface area contributed by atoms with Crippen LogP contribution in [-0.2, 0) is 4.79 Å². The molecule has 0 atom stereocenters. The average Bonchev–Trinajstić information content (AvgIpc) is 3.27. The summed E-state index contributed by atoms with van der Waals surface area (Å²) in [5.41, 5.74) is 2.13. The molecule has 0 radical (unpaired) electrons. The standard InChI is InChI=1S/C23H25N5O2/c29-22(24-18-7-3-1-4-8-18)17-27-14-11-19(12-15-27)25-23(30)21-13-16-28(26-21)20-9-5-2-6-10-20/h1-10,13,16,19H,11-12,14-15,17H2,(H,24,29)(H,25,30). The molecule has 7 nitrogen and oxygen atoms in total. The first kappa shape index (κ1) is 19.8. The Morgan fingerprint density at radius 1 is 0.933 bits per heavy atom. The zero-order valence-corrected chi connectivity index (χ0v) is 16.7. The van der Waals surface area contributed by atoms with Crippen molar-refractivity contribution in [2.75, 3.05) is 25.0 Å². The maximum absolute atomic E-state index is 12.6. The largest absolute Gasteiger partial charge is 0.348 e. The van der Waals surface area contributed by atoms with Gasteiger partial charge < -0.3 is 10.6 Å². The number of carbonyl (C=O) groups excluding carboxylic acids is 2. The predicted molar refractivity (Wildman–Crippen MR) is 116 cm³/mol. The smallest absolute Gasteiger partial charge is 0.272 e. The van der Waals surface area contributed by atoms with Crippen molar-refractivity contribution in [3.8, 4) is 5.69 Å². The minimum absolute atomic E-state index is 0.0184. The number of carbonyl (C=O) groups is 2. The average molecular weight is 403 g/mol. The summed E-state index contributed by atoms with van der Waals surface area (Å²) in [6, 6.07) is 21.0. The molecule has 0 bridgehead atoms. The molecular formula is C23H25N5O2. The maximum Gasteiger partial charge on any atom is 0.272 e. The maximum atomic E-state index is 12.6. The molecule has 30 heavy (non-hydrogen) atoms. The number of benzene rings is 2. The second kappa shape index (κ2) is 9.37. The lowest BCUT2D eigenvalue weighted by atomic mass is 10.0. The number of nitrogens with zero attached hydrogens (tertiary/aromatic N) is 3. The van der Waals surface area contributed by atoms with Crippen LogP contribution < -0.4 is 10.6 Å². The molecule has 154 valence electrons. The van der Waals surface area contributed by atoms with Gasteiger partial charge in [-0.05, 0) is 43.2 Å². The molecule has 2 N–H and O–H groups in total. The lowest BCUT2D eigenvalue weighted by Gasteiger charge is -2.31. The van der Waals surface area contributed by atoms with Crippen LogP contribution >= 0.6 is 0 Å². The Hall–Kier alpha value is -3.45. The number of para-hydroxylation sites is 2. The van der Waals surface area contributed by atoms with Gasteiger partial charge in [0.15, 0.2) is 5.69 Å². The summed E-state index contributed by atoms with van der Waals surface area (Å²) in [7, 11) is 0. The Balaban J connectivity index is 1.23. The Labute approximate surface area is 175 Å². The summed E-state index contributed by atoms with van der Waals surface area (Å²) in [4.78, 5) is 26.9. The Bertz CT molecular complexity index is 979. The van der Waals surface area contributed by atoms with Gasteiger partial charge in [-0.15, -0.1) is 0 Å². The molecule has 2 aromatic carbocycles. The highest BCUT2D eigenvalue weighted by molar-refractivity contribution is 5.93. The first-order valence-corrected chi connectivity index (χ1v) is 10.2. The molecule has 0 aliphatic carbocycles. The number of amides is 2. The van der Waals surface area contributed by atoms with Crippen molar-refractivity contribution in [3.05, 3.63) is 78.6 Å². The topological polar surface area (TPSA) is 79.3 Å². The van der Waals surface area contributed by atoms with E-state index in [9.17, 15) is 9.59 Å². The first-order chi connectivity index (χ1) is 14.7. The van der Waals surface area contributed by atoms with Crippen molar-refractivity contribution in [2.24, 2.45) is 0 Å². The van der Waals surface area contributed by atoms with Crippen LogP contribution in [0.3, 0.4) is 0 Å². The highest BCUT2D eigenvalue weighted by Crippen LogP contribution is 2.13. The molecule has 1 aromatic heterocycles. The van der Waals surface area contributed by atoms with Crippen LogP contribution in [0, 0.1) is 0 Å². The highest BCUT2D eigenvalue weighted by Gasteiger charge is 2.23. The molecule has 2 amide bonds. The summed E-state index contributed by atoms with van der Waals surface area (Å²) in [6.45, 7) is 1.90. The van der Waals surface area contributed by atoms with Gasteiger partial charge in [-0.1, -0.05) is 36.4 Å². The van der Waals surface area contributed by atoms with Crippen molar-refractivity contribution >= 4 is 17.5 Å². The third kappa shape index (κ3) is 5.12. The third-order valence-electron chi connectivity index (χ3n) is 5.19. The summed E-state index contributed by atoms with van der Waals surface area (Å²) in [5.74, 6) is -0.180. The van der Waals surface area contributed by atoms with Crippen LogP contribution in [0.1, 0.15) is 23.3 Å². The highest BCUT2D eigenvalue weighted by atomic mass is 16.2. The van der Waals surface area contributed by atoms with Gasteiger partial charge in [0.2, 0.25) is 5.91 Å². The zero-order valence-electron chi connectivity index (χ0n) is 16.7. The van der Waals surface area contributed by atoms with Gasteiger partial charge >= 0.3 is 0 Å². The van der Waals surface area contributed by atoms with E-state index < -0.39 is 0 Å². The van der Waals surface area contributed by atoms with Crippen LogP contribution in [0.25, 0.3) is 5.69 Å². The van der Waals surface area contributed by atoms with E-state index in [1.807, 2.05) is 60.7 Å². The summed E-state index contributed by atoms with van der Waals surface area (Å²) in [5, 5.41) is 10.4. The number of anilines is 1. The van der Waals surface area contributed by atoms with Crippen molar-refractivity contribution in [2.45, 2.75) is 18.9 Å². The molecule has 1 saturated heterocycles. The molecule has 0 spiro atoms. The minimum atomic E-state index is -0.162. The van der Waals surface area contributed by atoms with Crippen LogP contribution in [0.2, 0.25) is 0 Å². The van der Waals surface area contributed by atoms with Crippen molar-refractivity contribution in [3.63, 3.8) is 0 Å². The lowest BCUT2D eigenvalue weighted by molar-refractivity contribution is -0.117. The van der Waals surface area contributed by atoms with E-state index >= 15 is 0 Å². The van der Waals surface area contributed by atoms with Gasteiger partial charge in [0.1, 0.15) is 0 Å². The van der Waals surface area contributed by atoms with Gasteiger partial charge in [-0.3, -0.25) is 14.5 Å². The van der Waals surface area contributed by atoms with Gasteiger partial charge in [-0.2, -0.15) is 5.10 Å². The lowest BCUT2D eigenvalue weighted by Crippen LogP contribution is -2.46. The molecule has 1 aliphatic rings. The van der Waals surface area contributed by atoms with E-state index in [0.29, 0.717) is 12.2 Å². The van der Waals surface area contributed by atoms with Gasteiger partial charge in [0.25, 0.3) is 5.91 Å². The van der Waals surface area contributed by atoms with Crippen LogP contribution in [0.4, 0.5) is 5.69 Å². The normalized spacial score (nSPS) is 14.9. The molecule has 7 heteroatoms. The quantitative estimate of drug-likeness (QED) is 0.663. The second-order valence-corrected chi connectivity index (χ2v) is 7.42. The number of piperidine rings is 1. The first-order valence-electron chi connectivity index (χ1n) is 10.2. The molecule has 1 aliphatic heterocycles. The summed E-state index contributed by atoms with van der Waals surface area (Å²) < 4.78 is 1.70. The number of rotatable bonds is 6. The Morgan fingerprint density at radius 3 is 2.30 bits per heavy atom. The fourth-order valence-electron chi connectivity index (χ4n) is 3.59. The van der Waals surface area contributed by atoms with E-state index in [0.717, 1.165) is 37.3 Å². The zero-order chi connectivity index (χ0) is 20.8. The van der Waals surface area contributed by atoms with Crippen LogP contribution in [0.15, 0.2) is 72.9 Å². The van der Waals surface area contributed by atoms with Crippen molar-refractivity contribution in [1.82, 2.24) is 20.0 Å². The minimum Gasteiger partial charge on any atom is -0.348 e. The van der Waals surface area contributed by atoms with Crippen LogP contribution in [-0.4, -0.2) is 52.2 Å². The molecule has 1 fully saturated rings. The number of hydrogen-bond acceptors (Lipinski definition) is 4. The van der Waals surface area contributed by atoms with Gasteiger partial charge in [0.05, 0.1) is 12.2 Å². The molecule has 2 heterocycles. The predicted octanol–water partition coefficient (Wildman–Crippen LogP) is 2.71.